The highest BCUT2D eigenvalue weighted by atomic mass is 32.2. The van der Waals surface area contributed by atoms with Gasteiger partial charge >= 0.3 is 0 Å². The fraction of sp³-hybridized carbons (Fsp3) is 0.174. The summed E-state index contributed by atoms with van der Waals surface area (Å²) in [5, 5.41) is 2.98. The van der Waals surface area contributed by atoms with Crippen molar-refractivity contribution in [2.24, 2.45) is 0 Å². The number of aryl methyl sites for hydroxylation is 1. The molecule has 3 rings (SSSR count). The molecule has 6 heteroatoms. The zero-order chi connectivity index (χ0) is 21.0. The maximum absolute atomic E-state index is 12.8. The van der Waals surface area contributed by atoms with Crippen molar-refractivity contribution in [3.63, 3.8) is 0 Å². The van der Waals surface area contributed by atoms with Gasteiger partial charge < -0.3 is 5.32 Å². The predicted molar refractivity (Wildman–Crippen MR) is 115 cm³/mol. The summed E-state index contributed by atoms with van der Waals surface area (Å²) in [4.78, 5) is 13.0. The smallest absolute Gasteiger partial charge is 0.261 e. The number of nitrogens with one attached hydrogen (secondary N) is 2. The van der Waals surface area contributed by atoms with Crippen LogP contribution in [0, 0.1) is 13.8 Å². The summed E-state index contributed by atoms with van der Waals surface area (Å²) < 4.78 is 27.8. The molecule has 0 heterocycles. The molecule has 0 unspecified atom stereocenters. The summed E-state index contributed by atoms with van der Waals surface area (Å²) in [5.41, 5.74) is 3.53. The Morgan fingerprint density at radius 1 is 0.862 bits per heavy atom. The summed E-state index contributed by atoms with van der Waals surface area (Å²) in [6, 6.07) is 20.9. The van der Waals surface area contributed by atoms with E-state index in [-0.39, 0.29) is 16.8 Å². The molecule has 0 aromatic heterocycles. The highest BCUT2D eigenvalue weighted by molar-refractivity contribution is 7.92. The third-order valence-corrected chi connectivity index (χ3v) is 6.18. The number of rotatable bonds is 6. The third kappa shape index (κ3) is 4.84. The van der Waals surface area contributed by atoms with Crippen LogP contribution in [0.4, 0.5) is 5.69 Å². The molecule has 150 valence electrons. The molecule has 0 fully saturated rings. The van der Waals surface area contributed by atoms with Crippen LogP contribution in [0.1, 0.15) is 40.0 Å². The topological polar surface area (TPSA) is 75.3 Å². The van der Waals surface area contributed by atoms with Gasteiger partial charge in [0.1, 0.15) is 0 Å². The zero-order valence-corrected chi connectivity index (χ0v) is 17.5. The van der Waals surface area contributed by atoms with Crippen LogP contribution in [0.2, 0.25) is 0 Å². The summed E-state index contributed by atoms with van der Waals surface area (Å²) in [5.74, 6) is -0.253. The number of amides is 1. The van der Waals surface area contributed by atoms with E-state index >= 15 is 0 Å². The largest absolute Gasteiger partial charge is 0.346 e. The molecule has 2 N–H and O–H groups in total. The quantitative estimate of drug-likeness (QED) is 0.626. The Kier molecular flexibility index (Phi) is 6.03. The lowest BCUT2D eigenvalue weighted by molar-refractivity contribution is 0.0939. The van der Waals surface area contributed by atoms with Crippen LogP contribution in [-0.2, 0) is 10.0 Å². The summed E-state index contributed by atoms with van der Waals surface area (Å²) in [6.07, 6.45) is 0. The molecule has 0 aliphatic carbocycles. The maximum atomic E-state index is 12.8. The van der Waals surface area contributed by atoms with Gasteiger partial charge in [-0.15, -0.1) is 0 Å². The average Bonchev–Trinajstić information content (AvgIpc) is 2.70. The van der Waals surface area contributed by atoms with E-state index in [9.17, 15) is 13.2 Å². The lowest BCUT2D eigenvalue weighted by atomic mass is 10.0. The molecule has 0 spiro atoms. The van der Waals surface area contributed by atoms with E-state index in [2.05, 4.69) is 10.0 Å². The molecule has 0 bridgehead atoms. The van der Waals surface area contributed by atoms with Crippen molar-refractivity contribution in [3.05, 3.63) is 95.1 Å². The molecule has 3 aromatic rings. The van der Waals surface area contributed by atoms with Crippen LogP contribution in [0.15, 0.2) is 77.7 Å². The summed E-state index contributed by atoms with van der Waals surface area (Å²) in [7, 11) is -3.73. The Labute approximate surface area is 171 Å². The molecule has 0 saturated heterocycles. The Hall–Kier alpha value is -3.12. The fourth-order valence-electron chi connectivity index (χ4n) is 3.01. The van der Waals surface area contributed by atoms with Crippen LogP contribution < -0.4 is 10.0 Å². The number of carbonyl (C=O) groups is 1. The molecule has 1 amide bonds. The first-order valence-electron chi connectivity index (χ1n) is 9.33. The van der Waals surface area contributed by atoms with Crippen molar-refractivity contribution in [1.82, 2.24) is 5.32 Å². The lowest BCUT2D eigenvalue weighted by Gasteiger charge is -2.17. The predicted octanol–water partition coefficient (Wildman–Crippen LogP) is 4.60. The standard InChI is InChI=1S/C23H24N2O3S/c1-16-12-14-19(15-13-16)18(3)24-23(26)21-10-7-11-22(17(21)2)25-29(27,28)20-8-5-4-6-9-20/h4-15,18,25H,1-3H3,(H,24,26)/t18-/m0/s1. The van der Waals surface area contributed by atoms with Gasteiger partial charge in [-0.2, -0.15) is 0 Å². The second kappa shape index (κ2) is 8.49. The molecule has 1 atom stereocenters. The molecular formula is C23H24N2O3S. The highest BCUT2D eigenvalue weighted by Crippen LogP contribution is 2.23. The Morgan fingerprint density at radius 3 is 2.17 bits per heavy atom. The van der Waals surface area contributed by atoms with Gasteiger partial charge in [0.15, 0.2) is 0 Å². The van der Waals surface area contributed by atoms with E-state index in [1.165, 1.54) is 12.1 Å². The van der Waals surface area contributed by atoms with Crippen molar-refractivity contribution in [3.8, 4) is 0 Å². The molecule has 0 radical (unpaired) electrons. The second-order valence-corrected chi connectivity index (χ2v) is 8.68. The summed E-state index contributed by atoms with van der Waals surface area (Å²) in [6.45, 7) is 5.66. The van der Waals surface area contributed by atoms with Gasteiger partial charge in [0.2, 0.25) is 0 Å². The van der Waals surface area contributed by atoms with Gasteiger partial charge in [0.25, 0.3) is 15.9 Å². The number of hydrogen-bond acceptors (Lipinski definition) is 3. The van der Waals surface area contributed by atoms with Crippen LogP contribution in [0.3, 0.4) is 0 Å². The number of anilines is 1. The normalized spacial score (nSPS) is 12.2. The Bertz CT molecular complexity index is 1110. The van der Waals surface area contributed by atoms with Crippen LogP contribution in [0.25, 0.3) is 0 Å². The van der Waals surface area contributed by atoms with E-state index < -0.39 is 10.0 Å². The van der Waals surface area contributed by atoms with Crippen molar-refractivity contribution < 1.29 is 13.2 Å². The molecule has 0 saturated carbocycles. The zero-order valence-electron chi connectivity index (χ0n) is 16.6. The number of hydrogen-bond donors (Lipinski definition) is 2. The van der Waals surface area contributed by atoms with Crippen LogP contribution in [0.5, 0.6) is 0 Å². The average molecular weight is 409 g/mol. The van der Waals surface area contributed by atoms with Gasteiger partial charge in [-0.25, -0.2) is 8.42 Å². The molecule has 5 nitrogen and oxygen atoms in total. The third-order valence-electron chi connectivity index (χ3n) is 4.80. The molecule has 0 aliphatic rings. The molecule has 29 heavy (non-hydrogen) atoms. The van der Waals surface area contributed by atoms with Crippen molar-refractivity contribution in [2.75, 3.05) is 4.72 Å². The molecule has 0 aliphatic heterocycles. The van der Waals surface area contributed by atoms with Crippen LogP contribution >= 0.6 is 0 Å². The first-order valence-corrected chi connectivity index (χ1v) is 10.8. The SMILES string of the molecule is Cc1ccc([C@H](C)NC(=O)c2cccc(NS(=O)(=O)c3ccccc3)c2C)cc1. The maximum Gasteiger partial charge on any atom is 0.261 e. The van der Waals surface area contributed by atoms with Crippen molar-refractivity contribution in [1.29, 1.82) is 0 Å². The molecule has 3 aromatic carbocycles. The highest BCUT2D eigenvalue weighted by Gasteiger charge is 2.19. The Balaban J connectivity index is 1.81. The van der Waals surface area contributed by atoms with E-state index in [0.717, 1.165) is 11.1 Å². The van der Waals surface area contributed by atoms with E-state index in [0.29, 0.717) is 16.8 Å². The number of sulfonamides is 1. The summed E-state index contributed by atoms with van der Waals surface area (Å²) >= 11 is 0. The second-order valence-electron chi connectivity index (χ2n) is 7.00. The minimum Gasteiger partial charge on any atom is -0.346 e. The lowest BCUT2D eigenvalue weighted by Crippen LogP contribution is -2.27. The van der Waals surface area contributed by atoms with Gasteiger partial charge in [0, 0.05) is 5.56 Å². The molecular weight excluding hydrogens is 384 g/mol. The minimum absolute atomic E-state index is 0.169. The van der Waals surface area contributed by atoms with Gasteiger partial charge in [-0.1, -0.05) is 54.1 Å². The number of benzene rings is 3. The monoisotopic (exact) mass is 408 g/mol. The van der Waals surface area contributed by atoms with Gasteiger partial charge in [0.05, 0.1) is 16.6 Å². The van der Waals surface area contributed by atoms with E-state index in [1.807, 2.05) is 38.1 Å². The van der Waals surface area contributed by atoms with Gasteiger partial charge in [-0.05, 0) is 56.2 Å². The van der Waals surface area contributed by atoms with Crippen LogP contribution in [-0.4, -0.2) is 14.3 Å². The minimum atomic E-state index is -3.73. The van der Waals surface area contributed by atoms with E-state index in [1.54, 1.807) is 43.3 Å². The first-order chi connectivity index (χ1) is 13.8. The first kappa shape index (κ1) is 20.6. The van der Waals surface area contributed by atoms with Gasteiger partial charge in [-0.3, -0.25) is 9.52 Å². The fourth-order valence-corrected chi connectivity index (χ4v) is 4.15. The van der Waals surface area contributed by atoms with Crippen molar-refractivity contribution >= 4 is 21.6 Å². The Morgan fingerprint density at radius 2 is 1.52 bits per heavy atom. The van der Waals surface area contributed by atoms with E-state index in [4.69, 9.17) is 0 Å². The number of carbonyl (C=O) groups excluding carboxylic acids is 1. The van der Waals surface area contributed by atoms with Crippen molar-refractivity contribution in [2.45, 2.75) is 31.7 Å².